The van der Waals surface area contributed by atoms with Gasteiger partial charge in [-0.3, -0.25) is 5.32 Å². The number of nitrogen functional groups attached to an aromatic ring is 1. The summed E-state index contributed by atoms with van der Waals surface area (Å²) in [6.45, 7) is 3.00. The highest BCUT2D eigenvalue weighted by Crippen LogP contribution is 2.39. The molecular weight excluding hydrogens is 401 g/mol. The molecule has 162 valence electrons. The van der Waals surface area contributed by atoms with E-state index in [4.69, 9.17) is 15.6 Å². The lowest BCUT2D eigenvalue weighted by atomic mass is 9.97. The molecule has 0 unspecified atom stereocenters. The molecule has 3 heterocycles. The van der Waals surface area contributed by atoms with Gasteiger partial charge in [-0.15, -0.1) is 0 Å². The maximum atomic E-state index is 15.0. The fourth-order valence-electron chi connectivity index (χ4n) is 3.41. The summed E-state index contributed by atoms with van der Waals surface area (Å²) in [7, 11) is 0. The van der Waals surface area contributed by atoms with Crippen LogP contribution in [0.5, 0.6) is 5.88 Å². The SMILES string of the molecule is C1CCC1.Cc1c(-c2cc3cc(NC(=O)O)ncc3c(N)c2F)cnc2c1NCCO2. The number of aromatic nitrogens is 2. The van der Waals surface area contributed by atoms with Crippen molar-refractivity contribution in [3.63, 3.8) is 0 Å². The van der Waals surface area contributed by atoms with Crippen LogP contribution < -0.4 is 21.1 Å². The second-order valence-electron chi connectivity index (χ2n) is 7.54. The van der Waals surface area contributed by atoms with Gasteiger partial charge >= 0.3 is 6.09 Å². The summed E-state index contributed by atoms with van der Waals surface area (Å²) in [5.74, 6) is 0.0287. The van der Waals surface area contributed by atoms with Gasteiger partial charge < -0.3 is 20.9 Å². The average molecular weight is 425 g/mol. The Morgan fingerprint density at radius 1 is 1.19 bits per heavy atom. The molecule has 0 saturated heterocycles. The minimum absolute atomic E-state index is 0.0572. The Morgan fingerprint density at radius 3 is 2.61 bits per heavy atom. The van der Waals surface area contributed by atoms with E-state index in [9.17, 15) is 9.18 Å². The van der Waals surface area contributed by atoms with Crippen LogP contribution in [0.2, 0.25) is 0 Å². The van der Waals surface area contributed by atoms with E-state index in [1.165, 1.54) is 37.9 Å². The molecule has 5 rings (SSSR count). The van der Waals surface area contributed by atoms with Crippen molar-refractivity contribution in [1.29, 1.82) is 0 Å². The van der Waals surface area contributed by atoms with Gasteiger partial charge in [0.1, 0.15) is 18.1 Å². The summed E-state index contributed by atoms with van der Waals surface area (Å²) in [6.07, 6.45) is 7.65. The Kier molecular flexibility index (Phi) is 5.75. The molecule has 1 aliphatic heterocycles. The molecule has 1 saturated carbocycles. The predicted molar refractivity (Wildman–Crippen MR) is 118 cm³/mol. The van der Waals surface area contributed by atoms with Crippen molar-refractivity contribution in [2.24, 2.45) is 0 Å². The fraction of sp³-hybridized carbons (Fsp3) is 0.318. The molecule has 0 bridgehead atoms. The highest BCUT2D eigenvalue weighted by molar-refractivity contribution is 5.99. The minimum Gasteiger partial charge on any atom is -0.474 e. The van der Waals surface area contributed by atoms with Crippen molar-refractivity contribution in [1.82, 2.24) is 9.97 Å². The monoisotopic (exact) mass is 425 g/mol. The zero-order valence-electron chi connectivity index (χ0n) is 17.2. The first kappa shape index (κ1) is 20.6. The van der Waals surface area contributed by atoms with Crippen molar-refractivity contribution < 1.29 is 19.0 Å². The van der Waals surface area contributed by atoms with Gasteiger partial charge in [-0.2, -0.15) is 0 Å². The molecule has 2 aliphatic rings. The minimum atomic E-state index is -1.24. The molecule has 9 heteroatoms. The van der Waals surface area contributed by atoms with E-state index in [0.717, 1.165) is 11.3 Å². The van der Waals surface area contributed by atoms with Crippen molar-refractivity contribution in [2.45, 2.75) is 32.6 Å². The van der Waals surface area contributed by atoms with E-state index >= 15 is 0 Å². The zero-order chi connectivity index (χ0) is 22.0. The number of nitrogens with one attached hydrogen (secondary N) is 2. The van der Waals surface area contributed by atoms with E-state index in [-0.39, 0.29) is 17.1 Å². The molecule has 8 nitrogen and oxygen atoms in total. The van der Waals surface area contributed by atoms with Crippen LogP contribution in [-0.2, 0) is 0 Å². The summed E-state index contributed by atoms with van der Waals surface area (Å²) in [6, 6.07) is 3.11. The third-order valence-electron chi connectivity index (χ3n) is 5.47. The molecule has 2 aromatic heterocycles. The van der Waals surface area contributed by atoms with Gasteiger partial charge in [0, 0.05) is 35.5 Å². The van der Waals surface area contributed by atoms with Crippen LogP contribution in [0.4, 0.5) is 26.4 Å². The number of carbonyl (C=O) groups is 1. The lowest BCUT2D eigenvalue weighted by Crippen LogP contribution is -2.20. The van der Waals surface area contributed by atoms with Gasteiger partial charge in [0.2, 0.25) is 5.88 Å². The van der Waals surface area contributed by atoms with E-state index in [1.54, 1.807) is 12.3 Å². The normalized spacial score (nSPS) is 14.3. The first-order valence-electron chi connectivity index (χ1n) is 10.2. The molecule has 1 amide bonds. The molecule has 1 fully saturated rings. The third kappa shape index (κ3) is 4.16. The Balaban J connectivity index is 0.000000520. The second-order valence-corrected chi connectivity index (χ2v) is 7.54. The average Bonchev–Trinajstić information content (AvgIpc) is 2.70. The number of pyridine rings is 2. The number of carboxylic acid groups (broad SMARTS) is 1. The Hall–Kier alpha value is -3.62. The standard InChI is InChI=1S/C18H16FN5O3.C4H8/c1-8-11(6-23-17-16(8)21-2-3-27-17)10-4-9-5-13(24-18(25)26)22-7-12(9)15(20)14(10)19;1-2-4-3-1/h4-7,21H,2-3,20H2,1H3,(H,22,24)(H,25,26);1-4H2. The molecule has 1 aromatic carbocycles. The molecule has 0 spiro atoms. The second kappa shape index (κ2) is 8.63. The van der Waals surface area contributed by atoms with E-state index in [1.807, 2.05) is 6.92 Å². The number of halogens is 1. The van der Waals surface area contributed by atoms with Crippen LogP contribution >= 0.6 is 0 Å². The fourth-order valence-corrected chi connectivity index (χ4v) is 3.41. The summed E-state index contributed by atoms with van der Waals surface area (Å²) in [4.78, 5) is 19.1. The van der Waals surface area contributed by atoms with Gasteiger partial charge in [-0.25, -0.2) is 19.2 Å². The molecule has 3 aromatic rings. The summed E-state index contributed by atoms with van der Waals surface area (Å²) in [5, 5.41) is 15.2. The Bertz CT molecular complexity index is 1140. The number of anilines is 3. The van der Waals surface area contributed by atoms with Gasteiger partial charge in [-0.05, 0) is 30.0 Å². The van der Waals surface area contributed by atoms with E-state index < -0.39 is 11.9 Å². The number of amides is 1. The van der Waals surface area contributed by atoms with Crippen molar-refractivity contribution in [3.8, 4) is 17.0 Å². The quantitative estimate of drug-likeness (QED) is 0.436. The number of nitrogens with two attached hydrogens (primary N) is 1. The van der Waals surface area contributed by atoms with Crippen LogP contribution in [-0.4, -0.2) is 34.3 Å². The van der Waals surface area contributed by atoms with Crippen molar-refractivity contribution in [3.05, 3.63) is 35.9 Å². The van der Waals surface area contributed by atoms with Gasteiger partial charge in [0.05, 0.1) is 5.69 Å². The highest BCUT2D eigenvalue weighted by Gasteiger charge is 2.21. The van der Waals surface area contributed by atoms with Gasteiger partial charge in [0.25, 0.3) is 0 Å². The summed E-state index contributed by atoms with van der Waals surface area (Å²) < 4.78 is 20.5. The van der Waals surface area contributed by atoms with Gasteiger partial charge in [0.15, 0.2) is 5.82 Å². The molecule has 1 aliphatic carbocycles. The number of benzene rings is 1. The van der Waals surface area contributed by atoms with Crippen LogP contribution in [0.3, 0.4) is 0 Å². The predicted octanol–water partition coefficient (Wildman–Crippen LogP) is 4.78. The summed E-state index contributed by atoms with van der Waals surface area (Å²) >= 11 is 0. The Labute approximate surface area is 178 Å². The van der Waals surface area contributed by atoms with Crippen LogP contribution in [0, 0.1) is 12.7 Å². The van der Waals surface area contributed by atoms with Crippen molar-refractivity contribution >= 4 is 34.1 Å². The highest BCUT2D eigenvalue weighted by atomic mass is 19.1. The lowest BCUT2D eigenvalue weighted by molar-refractivity contribution is 0.209. The van der Waals surface area contributed by atoms with Crippen LogP contribution in [0.25, 0.3) is 21.9 Å². The number of hydrogen-bond donors (Lipinski definition) is 4. The van der Waals surface area contributed by atoms with E-state index in [2.05, 4.69) is 20.6 Å². The molecule has 31 heavy (non-hydrogen) atoms. The van der Waals surface area contributed by atoms with Crippen LogP contribution in [0.1, 0.15) is 31.2 Å². The molecule has 0 radical (unpaired) electrons. The first-order valence-corrected chi connectivity index (χ1v) is 10.2. The largest absolute Gasteiger partial charge is 0.474 e. The summed E-state index contributed by atoms with van der Waals surface area (Å²) in [5.41, 5.74) is 8.28. The Morgan fingerprint density at radius 2 is 1.94 bits per heavy atom. The van der Waals surface area contributed by atoms with E-state index in [0.29, 0.717) is 35.4 Å². The smallest absolute Gasteiger partial charge is 0.410 e. The molecular formula is C22H24FN5O3. The number of hydrogen-bond acceptors (Lipinski definition) is 6. The lowest BCUT2D eigenvalue weighted by Gasteiger charge is -2.22. The molecule has 5 N–H and O–H groups in total. The zero-order valence-corrected chi connectivity index (χ0v) is 17.2. The maximum absolute atomic E-state index is 15.0. The maximum Gasteiger partial charge on any atom is 0.410 e. The van der Waals surface area contributed by atoms with Crippen molar-refractivity contribution in [2.75, 3.05) is 29.5 Å². The number of rotatable bonds is 2. The first-order chi connectivity index (χ1) is 15.0. The van der Waals surface area contributed by atoms with Crippen LogP contribution in [0.15, 0.2) is 24.5 Å². The number of ether oxygens (including phenoxy) is 1. The number of nitrogens with zero attached hydrogens (tertiary/aromatic N) is 2. The number of fused-ring (bicyclic) bond motifs is 2. The topological polar surface area (TPSA) is 122 Å². The molecule has 0 atom stereocenters. The third-order valence-corrected chi connectivity index (χ3v) is 5.47. The van der Waals surface area contributed by atoms with Gasteiger partial charge in [-0.1, -0.05) is 25.7 Å².